The van der Waals surface area contributed by atoms with Gasteiger partial charge in [0.25, 0.3) is 5.56 Å². The van der Waals surface area contributed by atoms with E-state index in [9.17, 15) is 23.1 Å². The van der Waals surface area contributed by atoms with E-state index in [-0.39, 0.29) is 46.4 Å². The number of anilines is 1. The predicted molar refractivity (Wildman–Crippen MR) is 103 cm³/mol. The number of rotatable bonds is 5. The molecule has 1 aromatic carbocycles. The summed E-state index contributed by atoms with van der Waals surface area (Å²) < 4.78 is 30.9. The number of halogens is 1. The minimum atomic E-state index is -3.67. The topological polar surface area (TPSA) is 122 Å². The van der Waals surface area contributed by atoms with E-state index in [0.29, 0.717) is 6.54 Å². The molecule has 1 aliphatic heterocycles. The molecule has 1 fully saturated rings. The molecule has 2 aromatic rings. The summed E-state index contributed by atoms with van der Waals surface area (Å²) in [5.41, 5.74) is -0.462. The molecule has 2 heterocycles. The van der Waals surface area contributed by atoms with Crippen LogP contribution in [-0.2, 0) is 21.1 Å². The van der Waals surface area contributed by atoms with E-state index in [4.69, 9.17) is 16.3 Å². The van der Waals surface area contributed by atoms with Gasteiger partial charge in [-0.3, -0.25) is 14.3 Å². The van der Waals surface area contributed by atoms with Gasteiger partial charge < -0.3 is 19.8 Å². The molecule has 1 unspecified atom stereocenters. The number of aromatic nitrogens is 2. The summed E-state index contributed by atoms with van der Waals surface area (Å²) in [6.45, 7) is 2.56. The Morgan fingerprint density at radius 2 is 2.11 bits per heavy atom. The number of ether oxygens (including phenoxy) is 1. The lowest BCUT2D eigenvalue weighted by atomic mass is 10.0. The number of hydrogen-bond donors (Lipinski definition) is 2. The molecule has 1 aliphatic rings. The van der Waals surface area contributed by atoms with E-state index >= 15 is 0 Å². The normalized spacial score (nSPS) is 17.7. The molecule has 0 aliphatic carbocycles. The zero-order valence-corrected chi connectivity index (χ0v) is 16.9. The van der Waals surface area contributed by atoms with Gasteiger partial charge in [0, 0.05) is 31.1 Å². The zero-order chi connectivity index (χ0) is 20.6. The molecule has 0 amide bonds. The van der Waals surface area contributed by atoms with Crippen LogP contribution in [0.15, 0.2) is 28.0 Å². The van der Waals surface area contributed by atoms with Crippen molar-refractivity contribution in [3.8, 4) is 0 Å². The van der Waals surface area contributed by atoms with Crippen molar-refractivity contribution in [2.45, 2.75) is 24.7 Å². The number of nitrogens with zero attached hydrogens (tertiary/aromatic N) is 2. The highest BCUT2D eigenvalue weighted by Gasteiger charge is 2.30. The summed E-state index contributed by atoms with van der Waals surface area (Å²) in [4.78, 5) is 26.7. The average Bonchev–Trinajstić information content (AvgIpc) is 3.00. The first-order chi connectivity index (χ1) is 13.1. The molecule has 0 saturated carbocycles. The molecule has 0 bridgehead atoms. The number of hydrogen-bond acceptors (Lipinski definition) is 7. The Hall–Kier alpha value is -2.14. The Morgan fingerprint density at radius 1 is 1.39 bits per heavy atom. The van der Waals surface area contributed by atoms with E-state index in [1.807, 2.05) is 0 Å². The van der Waals surface area contributed by atoms with Crippen LogP contribution in [0.2, 0.25) is 5.02 Å². The maximum absolute atomic E-state index is 12.9. The standard InChI is InChI=1S/C17H20ClN3O6S/c1-3-21-17(24)11(8-19-21)16(23)10-4-5-12(28(2,25)26)15(14(10)18)20-6-7-27-13(22)9-20/h4-5,8,13,19,22H,3,6-7,9H2,1-2H3. The van der Waals surface area contributed by atoms with Gasteiger partial charge in [-0.2, -0.15) is 0 Å². The molecule has 1 atom stereocenters. The van der Waals surface area contributed by atoms with Crippen LogP contribution in [0.25, 0.3) is 0 Å². The lowest BCUT2D eigenvalue weighted by Gasteiger charge is -2.34. The number of aromatic amines is 1. The highest BCUT2D eigenvalue weighted by atomic mass is 35.5. The number of morpholine rings is 1. The van der Waals surface area contributed by atoms with Crippen molar-refractivity contribution in [1.82, 2.24) is 9.78 Å². The molecule has 1 aromatic heterocycles. The summed E-state index contributed by atoms with van der Waals surface area (Å²) in [5.74, 6) is -0.617. The predicted octanol–water partition coefficient (Wildman–Crippen LogP) is 0.639. The lowest BCUT2D eigenvalue weighted by molar-refractivity contribution is -0.104. The average molecular weight is 430 g/mol. The molecule has 1 saturated heterocycles. The Kier molecular flexibility index (Phi) is 5.67. The molecule has 0 spiro atoms. The number of carbonyl (C=O) groups excluding carboxylic acids is 1. The first-order valence-corrected chi connectivity index (χ1v) is 10.8. The minimum absolute atomic E-state index is 0.00408. The van der Waals surface area contributed by atoms with Crippen LogP contribution in [0.3, 0.4) is 0 Å². The molecular weight excluding hydrogens is 410 g/mol. The second kappa shape index (κ2) is 7.70. The fourth-order valence-corrected chi connectivity index (χ4v) is 4.43. The van der Waals surface area contributed by atoms with E-state index in [0.717, 1.165) is 6.26 Å². The maximum Gasteiger partial charge on any atom is 0.277 e. The number of sulfone groups is 1. The van der Waals surface area contributed by atoms with Crippen LogP contribution in [0, 0.1) is 0 Å². The Balaban J connectivity index is 2.16. The number of ketones is 1. The van der Waals surface area contributed by atoms with Crippen molar-refractivity contribution < 1.29 is 23.1 Å². The number of benzene rings is 1. The van der Waals surface area contributed by atoms with Gasteiger partial charge in [0.2, 0.25) is 5.78 Å². The number of aliphatic hydroxyl groups is 1. The van der Waals surface area contributed by atoms with Gasteiger partial charge in [-0.25, -0.2) is 8.42 Å². The number of aliphatic hydroxyl groups excluding tert-OH is 1. The summed E-state index contributed by atoms with van der Waals surface area (Å²) in [6, 6.07) is 2.58. The van der Waals surface area contributed by atoms with Crippen LogP contribution in [0.1, 0.15) is 22.8 Å². The van der Waals surface area contributed by atoms with E-state index < -0.39 is 27.5 Å². The Labute approximate surface area is 166 Å². The van der Waals surface area contributed by atoms with Crippen molar-refractivity contribution in [3.63, 3.8) is 0 Å². The SMILES string of the molecule is CCn1[nH]cc(C(=O)c2ccc(S(C)(=O)=O)c(N3CCOC(O)C3)c2Cl)c1=O. The number of nitrogens with one attached hydrogen (secondary N) is 1. The van der Waals surface area contributed by atoms with Gasteiger partial charge >= 0.3 is 0 Å². The van der Waals surface area contributed by atoms with Gasteiger partial charge in [-0.05, 0) is 19.1 Å². The van der Waals surface area contributed by atoms with Crippen LogP contribution in [-0.4, -0.2) is 61.3 Å². The molecular formula is C17H20ClN3O6S. The van der Waals surface area contributed by atoms with Crippen molar-refractivity contribution >= 4 is 32.9 Å². The third-order valence-corrected chi connectivity index (χ3v) is 6.00. The van der Waals surface area contributed by atoms with E-state index in [1.54, 1.807) is 11.8 Å². The second-order valence-electron chi connectivity index (χ2n) is 6.38. The molecule has 152 valence electrons. The molecule has 2 N–H and O–H groups in total. The van der Waals surface area contributed by atoms with Crippen LogP contribution in [0.5, 0.6) is 0 Å². The Bertz CT molecular complexity index is 1080. The maximum atomic E-state index is 12.9. The number of β-amino-alcohol motifs (C(OH)–C–C–N with tert-alkyl or cyclic N) is 1. The quantitative estimate of drug-likeness (QED) is 0.669. The third kappa shape index (κ3) is 3.72. The lowest BCUT2D eigenvalue weighted by Crippen LogP contribution is -2.43. The second-order valence-corrected chi connectivity index (χ2v) is 8.75. The van der Waals surface area contributed by atoms with Gasteiger partial charge in [0.05, 0.1) is 28.8 Å². The molecule has 28 heavy (non-hydrogen) atoms. The van der Waals surface area contributed by atoms with Gasteiger partial charge in [-0.1, -0.05) is 11.6 Å². The van der Waals surface area contributed by atoms with Crippen LogP contribution < -0.4 is 10.5 Å². The van der Waals surface area contributed by atoms with Crippen LogP contribution in [0.4, 0.5) is 5.69 Å². The molecule has 3 rings (SSSR count). The monoisotopic (exact) mass is 429 g/mol. The summed E-state index contributed by atoms with van der Waals surface area (Å²) in [5, 5.41) is 12.4. The smallest absolute Gasteiger partial charge is 0.277 e. The minimum Gasteiger partial charge on any atom is -0.366 e. The summed E-state index contributed by atoms with van der Waals surface area (Å²) in [6.07, 6.45) is 1.22. The van der Waals surface area contributed by atoms with Gasteiger partial charge in [0.1, 0.15) is 5.56 Å². The highest BCUT2D eigenvalue weighted by Crippen LogP contribution is 2.37. The number of carbonyl (C=O) groups is 1. The first kappa shape index (κ1) is 20.6. The molecule has 11 heteroatoms. The van der Waals surface area contributed by atoms with Crippen LogP contribution >= 0.6 is 11.6 Å². The van der Waals surface area contributed by atoms with E-state index in [1.165, 1.54) is 23.0 Å². The van der Waals surface area contributed by atoms with Crippen molar-refractivity contribution in [2.75, 3.05) is 30.9 Å². The third-order valence-electron chi connectivity index (χ3n) is 4.49. The van der Waals surface area contributed by atoms with Gasteiger partial charge in [-0.15, -0.1) is 0 Å². The molecule has 9 nitrogen and oxygen atoms in total. The number of H-pyrrole nitrogens is 1. The Morgan fingerprint density at radius 3 is 2.68 bits per heavy atom. The van der Waals surface area contributed by atoms with Crippen molar-refractivity contribution in [2.24, 2.45) is 0 Å². The van der Waals surface area contributed by atoms with Crippen molar-refractivity contribution in [3.05, 3.63) is 44.8 Å². The zero-order valence-electron chi connectivity index (χ0n) is 15.3. The highest BCUT2D eigenvalue weighted by molar-refractivity contribution is 7.90. The summed E-state index contributed by atoms with van der Waals surface area (Å²) in [7, 11) is -3.67. The molecule has 0 radical (unpaired) electrons. The fraction of sp³-hybridized carbons (Fsp3) is 0.412. The van der Waals surface area contributed by atoms with Gasteiger partial charge in [0.15, 0.2) is 16.1 Å². The fourth-order valence-electron chi connectivity index (χ4n) is 3.10. The largest absolute Gasteiger partial charge is 0.366 e. The summed E-state index contributed by atoms with van der Waals surface area (Å²) >= 11 is 6.47. The number of aryl methyl sites for hydroxylation is 1. The van der Waals surface area contributed by atoms with E-state index in [2.05, 4.69) is 5.10 Å². The first-order valence-electron chi connectivity index (χ1n) is 8.55. The van der Waals surface area contributed by atoms with Crippen molar-refractivity contribution in [1.29, 1.82) is 0 Å².